The molecule has 0 saturated heterocycles. The summed E-state index contributed by atoms with van der Waals surface area (Å²) in [5, 5.41) is 15.9. The molecule has 50 heavy (non-hydrogen) atoms. The highest BCUT2D eigenvalue weighted by molar-refractivity contribution is 6.37. The number of hydrogen-bond donors (Lipinski definition) is 0. The van der Waals surface area contributed by atoms with E-state index in [0.717, 1.165) is 33.0 Å². The highest BCUT2D eigenvalue weighted by Crippen LogP contribution is 2.44. The highest BCUT2D eigenvalue weighted by Gasteiger charge is 2.18. The molecule has 4 nitrogen and oxygen atoms in total. The lowest BCUT2D eigenvalue weighted by Crippen LogP contribution is -2.00. The Bertz CT molecular complexity index is 3140. The third kappa shape index (κ3) is 3.99. The van der Waals surface area contributed by atoms with Crippen molar-refractivity contribution in [2.75, 3.05) is 0 Å². The molecule has 4 heteroatoms. The zero-order valence-corrected chi connectivity index (χ0v) is 26.8. The van der Waals surface area contributed by atoms with Crippen molar-refractivity contribution in [1.29, 1.82) is 0 Å². The molecular weight excluding hydrogens is 609 g/mol. The number of nitrogens with zero attached hydrogens (tertiary/aromatic N) is 4. The van der Waals surface area contributed by atoms with E-state index in [2.05, 4.69) is 103 Å². The molecule has 2 aromatic heterocycles. The summed E-state index contributed by atoms with van der Waals surface area (Å²) in [6.45, 7) is 0. The smallest absolute Gasteiger partial charge is 0.165 e. The van der Waals surface area contributed by atoms with Crippen LogP contribution in [0.25, 0.3) is 110 Å². The van der Waals surface area contributed by atoms with E-state index in [4.69, 9.17) is 19.9 Å². The molecule has 9 aromatic carbocycles. The van der Waals surface area contributed by atoms with Gasteiger partial charge in [-0.3, -0.25) is 4.98 Å². The van der Waals surface area contributed by atoms with E-state index in [0.29, 0.717) is 17.5 Å². The quantitative estimate of drug-likeness (QED) is 0.181. The van der Waals surface area contributed by atoms with E-state index >= 15 is 0 Å². The molecule has 0 spiro atoms. The number of pyridine rings is 1. The molecule has 0 aliphatic carbocycles. The van der Waals surface area contributed by atoms with Gasteiger partial charge in [-0.15, -0.1) is 0 Å². The maximum atomic E-state index is 5.17. The second-order valence-corrected chi connectivity index (χ2v) is 13.1. The van der Waals surface area contributed by atoms with Crippen molar-refractivity contribution in [2.45, 2.75) is 0 Å². The van der Waals surface area contributed by atoms with Crippen LogP contribution in [0.3, 0.4) is 0 Å². The minimum Gasteiger partial charge on any atom is -0.255 e. The van der Waals surface area contributed by atoms with E-state index in [9.17, 15) is 0 Å². The normalized spacial score (nSPS) is 12.0. The van der Waals surface area contributed by atoms with E-state index in [1.807, 2.05) is 54.7 Å². The Morgan fingerprint density at radius 2 is 0.780 bits per heavy atom. The van der Waals surface area contributed by atoms with Crippen molar-refractivity contribution < 1.29 is 0 Å². The molecule has 2 heterocycles. The number of aromatic nitrogens is 4. The summed E-state index contributed by atoms with van der Waals surface area (Å²) in [5.74, 6) is 1.85. The van der Waals surface area contributed by atoms with E-state index < -0.39 is 0 Å². The number of fused-ring (bicyclic) bond motifs is 3. The van der Waals surface area contributed by atoms with Gasteiger partial charge < -0.3 is 0 Å². The van der Waals surface area contributed by atoms with Crippen molar-refractivity contribution in [1.82, 2.24) is 19.9 Å². The Labute approximate surface area is 286 Å². The minimum atomic E-state index is 0.594. The largest absolute Gasteiger partial charge is 0.255 e. The van der Waals surface area contributed by atoms with Gasteiger partial charge in [-0.1, -0.05) is 127 Å². The molecule has 230 valence electrons. The summed E-state index contributed by atoms with van der Waals surface area (Å²) in [4.78, 5) is 20.1. The Morgan fingerprint density at radius 3 is 1.44 bits per heavy atom. The number of benzene rings is 8. The van der Waals surface area contributed by atoms with Gasteiger partial charge in [-0.25, -0.2) is 15.0 Å². The van der Waals surface area contributed by atoms with Gasteiger partial charge in [0.1, 0.15) is 0 Å². The lowest BCUT2D eigenvalue weighted by molar-refractivity contribution is 1.07. The third-order valence-electron chi connectivity index (χ3n) is 10.2. The second kappa shape index (κ2) is 10.4. The molecule has 0 aliphatic heterocycles. The van der Waals surface area contributed by atoms with Crippen LogP contribution in [0.4, 0.5) is 0 Å². The fourth-order valence-electron chi connectivity index (χ4n) is 7.96. The summed E-state index contributed by atoms with van der Waals surface area (Å²) in [7, 11) is 0. The molecular formula is C46H26N4. The predicted octanol–water partition coefficient (Wildman–Crippen LogP) is 11.8. The van der Waals surface area contributed by atoms with E-state index in [-0.39, 0.29) is 0 Å². The topological polar surface area (TPSA) is 51.6 Å². The van der Waals surface area contributed by atoms with Crippen LogP contribution in [-0.4, -0.2) is 19.9 Å². The summed E-state index contributed by atoms with van der Waals surface area (Å²) in [5.41, 5.74) is 3.66. The van der Waals surface area contributed by atoms with Gasteiger partial charge in [0, 0.05) is 28.3 Å². The van der Waals surface area contributed by atoms with Gasteiger partial charge in [0.05, 0.1) is 5.52 Å². The average Bonchev–Trinajstić information content (AvgIpc) is 3.19. The molecule has 0 aliphatic rings. The highest BCUT2D eigenvalue weighted by atomic mass is 15.0. The Balaban J connectivity index is 1.28. The Kier molecular flexibility index (Phi) is 5.63. The SMILES string of the molecule is c1ccc(-c2nc(-c3cnc4ccccc4c3)nc(-c3cc4ccc5cccc6c7cccc8ccc9cccc(c(c3)c4c56)c9c87)n2)cc1. The molecule has 11 rings (SSSR count). The van der Waals surface area contributed by atoms with Crippen molar-refractivity contribution in [2.24, 2.45) is 0 Å². The molecule has 0 unspecified atom stereocenters. The molecule has 0 amide bonds. The number of rotatable bonds is 3. The first-order chi connectivity index (χ1) is 24.8. The number of para-hydroxylation sites is 1. The van der Waals surface area contributed by atoms with Crippen molar-refractivity contribution >= 4 is 75.5 Å². The first-order valence-corrected chi connectivity index (χ1v) is 16.9. The average molecular weight is 635 g/mol. The van der Waals surface area contributed by atoms with E-state index in [1.165, 1.54) is 59.2 Å². The van der Waals surface area contributed by atoms with Gasteiger partial charge >= 0.3 is 0 Å². The second-order valence-electron chi connectivity index (χ2n) is 13.1. The van der Waals surface area contributed by atoms with Crippen LogP contribution in [0.15, 0.2) is 158 Å². The molecule has 0 radical (unpaired) electrons. The predicted molar refractivity (Wildman–Crippen MR) is 208 cm³/mol. The maximum absolute atomic E-state index is 5.17. The first-order valence-electron chi connectivity index (χ1n) is 16.9. The lowest BCUT2D eigenvalue weighted by atomic mass is 9.87. The van der Waals surface area contributed by atoms with Crippen molar-refractivity contribution in [3.63, 3.8) is 0 Å². The summed E-state index contributed by atoms with van der Waals surface area (Å²) >= 11 is 0. The van der Waals surface area contributed by atoms with Crippen LogP contribution >= 0.6 is 0 Å². The fraction of sp³-hybridized carbons (Fsp3) is 0. The summed E-state index contributed by atoms with van der Waals surface area (Å²) < 4.78 is 0. The standard InChI is InChI=1S/C46H26N4/c1-2-9-30(10-3-1)44-48-45(50-46(49-44)34-23-31-11-4-5-18-39(31)47-26-34)33-24-32-22-21-29-13-7-16-36-35-15-6-12-27-19-20-28-14-8-17-37(42(28)40(27)35)38(25-33)43(32)41(29)36/h1-26H. The number of hydrogen-bond acceptors (Lipinski definition) is 4. The molecule has 0 fully saturated rings. The third-order valence-corrected chi connectivity index (χ3v) is 10.2. The van der Waals surface area contributed by atoms with Crippen molar-refractivity contribution in [3.8, 4) is 34.2 Å². The van der Waals surface area contributed by atoms with Gasteiger partial charge in [-0.2, -0.15) is 0 Å². The molecule has 0 bridgehead atoms. The molecule has 0 saturated carbocycles. The Morgan fingerprint density at radius 1 is 0.300 bits per heavy atom. The minimum absolute atomic E-state index is 0.594. The maximum Gasteiger partial charge on any atom is 0.165 e. The summed E-state index contributed by atoms with van der Waals surface area (Å²) in [6.07, 6.45) is 1.86. The summed E-state index contributed by atoms with van der Waals surface area (Å²) in [6, 6.07) is 54.0. The van der Waals surface area contributed by atoms with Crippen LogP contribution in [0, 0.1) is 0 Å². The van der Waals surface area contributed by atoms with E-state index in [1.54, 1.807) is 0 Å². The Hall–Kier alpha value is -6.78. The van der Waals surface area contributed by atoms with Gasteiger partial charge in [0.15, 0.2) is 17.5 Å². The molecule has 11 aromatic rings. The molecule has 0 N–H and O–H groups in total. The van der Waals surface area contributed by atoms with Crippen LogP contribution in [-0.2, 0) is 0 Å². The van der Waals surface area contributed by atoms with Crippen LogP contribution in [0.1, 0.15) is 0 Å². The molecule has 0 atom stereocenters. The van der Waals surface area contributed by atoms with Crippen LogP contribution in [0.2, 0.25) is 0 Å². The van der Waals surface area contributed by atoms with Crippen molar-refractivity contribution in [3.05, 3.63) is 158 Å². The van der Waals surface area contributed by atoms with Gasteiger partial charge in [0.2, 0.25) is 0 Å². The van der Waals surface area contributed by atoms with Gasteiger partial charge in [0.25, 0.3) is 0 Å². The zero-order chi connectivity index (χ0) is 32.8. The first kappa shape index (κ1) is 27.2. The lowest BCUT2D eigenvalue weighted by Gasteiger charge is -2.17. The monoisotopic (exact) mass is 634 g/mol. The van der Waals surface area contributed by atoms with Crippen LogP contribution in [0.5, 0.6) is 0 Å². The zero-order valence-electron chi connectivity index (χ0n) is 26.8. The van der Waals surface area contributed by atoms with Crippen LogP contribution < -0.4 is 0 Å². The van der Waals surface area contributed by atoms with Gasteiger partial charge in [-0.05, 0) is 88.9 Å². The fourth-order valence-corrected chi connectivity index (χ4v) is 7.96.